The van der Waals surface area contributed by atoms with E-state index in [2.05, 4.69) is 43.3 Å². The maximum atomic E-state index is 12.6. The van der Waals surface area contributed by atoms with Crippen molar-refractivity contribution in [2.24, 2.45) is 0 Å². The first-order valence-corrected chi connectivity index (χ1v) is 8.56. The van der Waals surface area contributed by atoms with E-state index in [1.807, 2.05) is 12.1 Å². The number of hydrogen-bond acceptors (Lipinski definition) is 4. The minimum atomic E-state index is -2.55. The molecule has 24 heavy (non-hydrogen) atoms. The molecule has 0 spiro atoms. The van der Waals surface area contributed by atoms with E-state index in [1.165, 1.54) is 5.56 Å². The molecule has 1 fully saturated rings. The van der Waals surface area contributed by atoms with Crippen molar-refractivity contribution in [3.8, 4) is 0 Å². The fourth-order valence-electron chi connectivity index (χ4n) is 2.94. The van der Waals surface area contributed by atoms with Crippen LogP contribution in [-0.2, 0) is 10.2 Å². The summed E-state index contributed by atoms with van der Waals surface area (Å²) in [4.78, 5) is 7.97. The number of halogens is 3. The van der Waals surface area contributed by atoms with Gasteiger partial charge in [0.2, 0.25) is 5.95 Å². The van der Waals surface area contributed by atoms with Crippen LogP contribution in [0.25, 0.3) is 0 Å². The molecule has 2 aromatic rings. The Morgan fingerprint density at radius 3 is 2.54 bits per heavy atom. The number of alkyl halides is 2. The molecule has 0 amide bonds. The average molecular weight is 398 g/mol. The predicted octanol–water partition coefficient (Wildman–Crippen LogP) is 4.34. The Morgan fingerprint density at radius 2 is 1.92 bits per heavy atom. The van der Waals surface area contributed by atoms with Crippen molar-refractivity contribution < 1.29 is 13.5 Å². The van der Waals surface area contributed by atoms with Gasteiger partial charge in [-0.1, -0.05) is 28.1 Å². The smallest absolute Gasteiger partial charge is 0.266 e. The summed E-state index contributed by atoms with van der Waals surface area (Å²) < 4.78 is 31.7. The van der Waals surface area contributed by atoms with Crippen LogP contribution in [0.5, 0.6) is 0 Å². The molecule has 0 atom stereocenters. The van der Waals surface area contributed by atoms with Gasteiger partial charge in [-0.05, 0) is 30.5 Å². The van der Waals surface area contributed by atoms with Crippen molar-refractivity contribution in [1.29, 1.82) is 0 Å². The lowest BCUT2D eigenvalue weighted by molar-refractivity contribution is 0.0543. The van der Waals surface area contributed by atoms with E-state index in [9.17, 15) is 8.78 Å². The number of benzene rings is 1. The van der Waals surface area contributed by atoms with Crippen LogP contribution in [0.1, 0.15) is 30.4 Å². The molecule has 1 N–H and O–H groups in total. The fraction of sp³-hybridized carbons (Fsp3) is 0.412. The van der Waals surface area contributed by atoms with E-state index < -0.39 is 6.43 Å². The second kappa shape index (κ2) is 7.53. The number of nitrogens with one attached hydrogen (secondary N) is 1. The standard InChI is InChI=1S/C17H18BrF2N3O/c18-14-3-1-2-13(8-14)17(4-6-24-7-5-17)11-23-16-21-9-12(10-22-16)15(19)20/h1-3,8-10,15H,4-7,11H2,(H,21,22,23). The first kappa shape index (κ1) is 17.2. The molecular weight excluding hydrogens is 380 g/mol. The summed E-state index contributed by atoms with van der Waals surface area (Å²) in [6.07, 6.45) is 1.53. The Bertz CT molecular complexity index is 676. The number of rotatable bonds is 5. The summed E-state index contributed by atoms with van der Waals surface area (Å²) in [5.74, 6) is 0.361. The lowest BCUT2D eigenvalue weighted by atomic mass is 9.74. The molecule has 1 aliphatic heterocycles. The Labute approximate surface area is 147 Å². The summed E-state index contributed by atoms with van der Waals surface area (Å²) >= 11 is 3.52. The van der Waals surface area contributed by atoms with Crippen molar-refractivity contribution in [2.45, 2.75) is 24.7 Å². The number of anilines is 1. The first-order valence-electron chi connectivity index (χ1n) is 7.77. The van der Waals surface area contributed by atoms with Crippen molar-refractivity contribution in [1.82, 2.24) is 9.97 Å². The van der Waals surface area contributed by atoms with Gasteiger partial charge in [0.25, 0.3) is 6.43 Å². The predicted molar refractivity (Wildman–Crippen MR) is 91.4 cm³/mol. The van der Waals surface area contributed by atoms with E-state index in [4.69, 9.17) is 4.74 Å². The average Bonchev–Trinajstić information content (AvgIpc) is 2.61. The number of aromatic nitrogens is 2. The van der Waals surface area contributed by atoms with Crippen LogP contribution in [0.3, 0.4) is 0 Å². The quantitative estimate of drug-likeness (QED) is 0.814. The molecule has 3 rings (SSSR count). The zero-order valence-electron chi connectivity index (χ0n) is 13.0. The Kier molecular flexibility index (Phi) is 5.40. The van der Waals surface area contributed by atoms with Gasteiger partial charge in [-0.3, -0.25) is 0 Å². The molecule has 0 bridgehead atoms. The highest BCUT2D eigenvalue weighted by molar-refractivity contribution is 9.10. The van der Waals surface area contributed by atoms with E-state index >= 15 is 0 Å². The Hall–Kier alpha value is -1.60. The Morgan fingerprint density at radius 1 is 1.21 bits per heavy atom. The normalized spacial score (nSPS) is 17.0. The van der Waals surface area contributed by atoms with Gasteiger partial charge in [-0.15, -0.1) is 0 Å². The van der Waals surface area contributed by atoms with Crippen LogP contribution in [0.4, 0.5) is 14.7 Å². The van der Waals surface area contributed by atoms with Gasteiger partial charge in [-0.2, -0.15) is 0 Å². The summed E-state index contributed by atoms with van der Waals surface area (Å²) in [5, 5.41) is 3.20. The van der Waals surface area contributed by atoms with Gasteiger partial charge in [0.15, 0.2) is 0 Å². The van der Waals surface area contributed by atoms with Gasteiger partial charge in [0.05, 0.1) is 5.56 Å². The van der Waals surface area contributed by atoms with Gasteiger partial charge < -0.3 is 10.1 Å². The lowest BCUT2D eigenvalue weighted by Gasteiger charge is -2.38. The minimum Gasteiger partial charge on any atom is -0.381 e. The monoisotopic (exact) mass is 397 g/mol. The van der Waals surface area contributed by atoms with E-state index in [1.54, 1.807) is 0 Å². The number of ether oxygens (including phenoxy) is 1. The molecule has 128 valence electrons. The molecule has 4 nitrogen and oxygen atoms in total. The molecule has 0 radical (unpaired) electrons. The Balaban J connectivity index is 1.77. The van der Waals surface area contributed by atoms with Crippen LogP contribution < -0.4 is 5.32 Å². The zero-order chi connectivity index (χ0) is 17.0. The van der Waals surface area contributed by atoms with E-state index in [-0.39, 0.29) is 11.0 Å². The molecule has 7 heteroatoms. The summed E-state index contributed by atoms with van der Waals surface area (Å²) in [6.45, 7) is 2.01. The first-order chi connectivity index (χ1) is 11.6. The molecule has 1 saturated heterocycles. The van der Waals surface area contributed by atoms with E-state index in [0.717, 1.165) is 29.7 Å². The van der Waals surface area contributed by atoms with Gasteiger partial charge in [0, 0.05) is 42.0 Å². The maximum absolute atomic E-state index is 12.6. The fourth-order valence-corrected chi connectivity index (χ4v) is 3.34. The van der Waals surface area contributed by atoms with Crippen molar-refractivity contribution in [3.05, 3.63) is 52.3 Å². The van der Waals surface area contributed by atoms with Crippen LogP contribution in [0.15, 0.2) is 41.1 Å². The highest BCUT2D eigenvalue weighted by Gasteiger charge is 2.34. The minimum absolute atomic E-state index is 0.0905. The molecule has 0 unspecified atom stereocenters. The van der Waals surface area contributed by atoms with Gasteiger partial charge >= 0.3 is 0 Å². The molecule has 1 aromatic heterocycles. The summed E-state index contributed by atoms with van der Waals surface area (Å²) in [7, 11) is 0. The van der Waals surface area contributed by atoms with Crippen molar-refractivity contribution in [3.63, 3.8) is 0 Å². The van der Waals surface area contributed by atoms with Gasteiger partial charge in [0.1, 0.15) is 0 Å². The van der Waals surface area contributed by atoms with Crippen molar-refractivity contribution in [2.75, 3.05) is 25.1 Å². The molecule has 1 aromatic carbocycles. The highest BCUT2D eigenvalue weighted by atomic mass is 79.9. The zero-order valence-corrected chi connectivity index (χ0v) is 14.6. The number of nitrogens with zero attached hydrogens (tertiary/aromatic N) is 2. The topological polar surface area (TPSA) is 47.0 Å². The lowest BCUT2D eigenvalue weighted by Crippen LogP contribution is -2.40. The third-order valence-corrected chi connectivity index (χ3v) is 4.89. The van der Waals surface area contributed by atoms with E-state index in [0.29, 0.717) is 25.7 Å². The second-order valence-corrected chi connectivity index (χ2v) is 6.81. The third-order valence-electron chi connectivity index (χ3n) is 4.40. The van der Waals surface area contributed by atoms with Crippen LogP contribution >= 0.6 is 15.9 Å². The highest BCUT2D eigenvalue weighted by Crippen LogP contribution is 2.36. The molecular formula is C17H18BrF2N3O. The molecule has 2 heterocycles. The molecule has 1 aliphatic rings. The molecule has 0 saturated carbocycles. The SMILES string of the molecule is FC(F)c1cnc(NCC2(c3cccc(Br)c3)CCOCC2)nc1. The largest absolute Gasteiger partial charge is 0.381 e. The van der Waals surface area contributed by atoms with Crippen molar-refractivity contribution >= 4 is 21.9 Å². The van der Waals surface area contributed by atoms with Crippen LogP contribution in [0.2, 0.25) is 0 Å². The number of hydrogen-bond donors (Lipinski definition) is 1. The van der Waals surface area contributed by atoms with Gasteiger partial charge in [-0.25, -0.2) is 18.7 Å². The maximum Gasteiger partial charge on any atom is 0.266 e. The summed E-state index contributed by atoms with van der Waals surface area (Å²) in [6, 6.07) is 8.24. The van der Waals surface area contributed by atoms with Crippen LogP contribution in [-0.4, -0.2) is 29.7 Å². The molecule has 0 aliphatic carbocycles. The van der Waals surface area contributed by atoms with Crippen LogP contribution in [0, 0.1) is 0 Å². The summed E-state index contributed by atoms with van der Waals surface area (Å²) in [5.41, 5.74) is 0.956. The third kappa shape index (κ3) is 3.89. The second-order valence-electron chi connectivity index (χ2n) is 5.90.